The number of hydrogen-bond donors (Lipinski definition) is 2. The number of carbonyl (C=O) groups excluding carboxylic acids is 1. The molecular weight excluding hydrogens is 204 g/mol. The lowest BCUT2D eigenvalue weighted by Crippen LogP contribution is -2.42. The highest BCUT2D eigenvalue weighted by Gasteiger charge is 2.47. The second-order valence-electron chi connectivity index (χ2n) is 3.79. The molecule has 88 valence electrons. The molecule has 0 aromatic heterocycles. The monoisotopic (exact) mass is 220 g/mol. The van der Waals surface area contributed by atoms with Crippen molar-refractivity contribution in [2.24, 2.45) is 0 Å². The lowest BCUT2D eigenvalue weighted by atomic mass is 10.1. The van der Waals surface area contributed by atoms with Crippen LogP contribution in [-0.2, 0) is 19.0 Å². The number of aliphatic hydroxyl groups is 2. The highest BCUT2D eigenvalue weighted by Crippen LogP contribution is 2.29. The normalized spacial score (nSPS) is 31.3. The van der Waals surface area contributed by atoms with E-state index in [2.05, 4.69) is 4.74 Å². The Morgan fingerprint density at radius 3 is 2.60 bits per heavy atom. The van der Waals surface area contributed by atoms with E-state index in [9.17, 15) is 9.90 Å². The SMILES string of the molecule is COC(=O)[C@@H](O)[C@H]1OC(C)(C)O[C@@H]1CO. The fraction of sp³-hybridized carbons (Fsp3) is 0.889. The number of aliphatic hydroxyl groups excluding tert-OH is 2. The van der Waals surface area contributed by atoms with E-state index in [0.717, 1.165) is 0 Å². The highest BCUT2D eigenvalue weighted by atomic mass is 16.8. The van der Waals surface area contributed by atoms with Crippen LogP contribution in [0.25, 0.3) is 0 Å². The third-order valence-electron chi connectivity index (χ3n) is 2.16. The van der Waals surface area contributed by atoms with Crippen LogP contribution in [-0.4, -0.2) is 54.0 Å². The average Bonchev–Trinajstić information content (AvgIpc) is 2.51. The van der Waals surface area contributed by atoms with Gasteiger partial charge in [-0.2, -0.15) is 0 Å². The van der Waals surface area contributed by atoms with Crippen molar-refractivity contribution >= 4 is 5.97 Å². The third-order valence-corrected chi connectivity index (χ3v) is 2.16. The molecule has 6 heteroatoms. The molecule has 3 atom stereocenters. The minimum absolute atomic E-state index is 0.331. The molecule has 2 N–H and O–H groups in total. The summed E-state index contributed by atoms with van der Waals surface area (Å²) in [4.78, 5) is 11.1. The van der Waals surface area contributed by atoms with E-state index < -0.39 is 30.1 Å². The molecule has 1 heterocycles. The summed E-state index contributed by atoms with van der Waals surface area (Å²) in [5, 5.41) is 18.6. The van der Waals surface area contributed by atoms with Crippen LogP contribution >= 0.6 is 0 Å². The number of carbonyl (C=O) groups is 1. The predicted octanol–water partition coefficient (Wildman–Crippen LogP) is -0.967. The van der Waals surface area contributed by atoms with Gasteiger partial charge in [0, 0.05) is 0 Å². The van der Waals surface area contributed by atoms with Gasteiger partial charge in [-0.25, -0.2) is 4.79 Å². The van der Waals surface area contributed by atoms with Gasteiger partial charge < -0.3 is 24.4 Å². The van der Waals surface area contributed by atoms with Gasteiger partial charge in [0.15, 0.2) is 11.9 Å². The van der Waals surface area contributed by atoms with Crippen molar-refractivity contribution in [2.45, 2.75) is 37.9 Å². The number of methoxy groups -OCH3 is 1. The molecule has 0 aliphatic carbocycles. The van der Waals surface area contributed by atoms with E-state index in [1.165, 1.54) is 7.11 Å². The van der Waals surface area contributed by atoms with Crippen LogP contribution in [0.1, 0.15) is 13.8 Å². The van der Waals surface area contributed by atoms with Crippen molar-refractivity contribution in [2.75, 3.05) is 13.7 Å². The topological polar surface area (TPSA) is 85.2 Å². The van der Waals surface area contributed by atoms with Crippen molar-refractivity contribution in [3.63, 3.8) is 0 Å². The van der Waals surface area contributed by atoms with E-state index >= 15 is 0 Å². The number of ether oxygens (including phenoxy) is 3. The first-order valence-corrected chi connectivity index (χ1v) is 4.63. The molecule has 1 rings (SSSR count). The molecule has 6 nitrogen and oxygen atoms in total. The van der Waals surface area contributed by atoms with Gasteiger partial charge in [-0.15, -0.1) is 0 Å². The predicted molar refractivity (Wildman–Crippen MR) is 48.9 cm³/mol. The summed E-state index contributed by atoms with van der Waals surface area (Å²) < 4.78 is 15.0. The van der Waals surface area contributed by atoms with Crippen molar-refractivity contribution in [3.8, 4) is 0 Å². The standard InChI is InChI=1S/C9H16O6/c1-9(2)14-5(4-10)7(15-9)6(11)8(12)13-3/h5-7,10-11H,4H2,1-3H3/t5-,6+,7+/m1/s1. The Kier molecular flexibility index (Phi) is 3.67. The van der Waals surface area contributed by atoms with Crippen molar-refractivity contribution in [3.05, 3.63) is 0 Å². The molecule has 1 saturated heterocycles. The molecule has 1 aliphatic rings. The minimum atomic E-state index is -1.45. The smallest absolute Gasteiger partial charge is 0.337 e. The minimum Gasteiger partial charge on any atom is -0.467 e. The van der Waals surface area contributed by atoms with Crippen LogP contribution in [0.5, 0.6) is 0 Å². The zero-order chi connectivity index (χ0) is 11.6. The van der Waals surface area contributed by atoms with Gasteiger partial charge in [-0.3, -0.25) is 0 Å². The summed E-state index contributed by atoms with van der Waals surface area (Å²) in [6.07, 6.45) is -3.08. The first-order valence-electron chi connectivity index (χ1n) is 4.63. The maximum absolute atomic E-state index is 11.1. The van der Waals surface area contributed by atoms with Gasteiger partial charge in [0.1, 0.15) is 12.2 Å². The van der Waals surface area contributed by atoms with Gasteiger partial charge in [-0.05, 0) is 13.8 Å². The van der Waals surface area contributed by atoms with E-state index in [-0.39, 0.29) is 6.61 Å². The first kappa shape index (κ1) is 12.4. The fourth-order valence-corrected chi connectivity index (χ4v) is 1.53. The second kappa shape index (κ2) is 4.44. The lowest BCUT2D eigenvalue weighted by Gasteiger charge is -2.19. The van der Waals surface area contributed by atoms with Crippen LogP contribution < -0.4 is 0 Å². The molecule has 15 heavy (non-hydrogen) atoms. The van der Waals surface area contributed by atoms with E-state index in [1.807, 2.05) is 0 Å². The fourth-order valence-electron chi connectivity index (χ4n) is 1.53. The van der Waals surface area contributed by atoms with Gasteiger partial charge in [0.25, 0.3) is 0 Å². The van der Waals surface area contributed by atoms with Gasteiger partial charge in [0.2, 0.25) is 0 Å². The summed E-state index contributed by atoms with van der Waals surface area (Å²) in [6, 6.07) is 0. The van der Waals surface area contributed by atoms with Crippen molar-refractivity contribution in [1.82, 2.24) is 0 Å². The largest absolute Gasteiger partial charge is 0.467 e. The quantitative estimate of drug-likeness (QED) is 0.595. The number of esters is 1. The third kappa shape index (κ3) is 2.66. The average molecular weight is 220 g/mol. The Labute approximate surface area is 87.7 Å². The van der Waals surface area contributed by atoms with Crippen LogP contribution in [0.3, 0.4) is 0 Å². The molecule has 0 aromatic carbocycles. The Morgan fingerprint density at radius 2 is 2.13 bits per heavy atom. The molecular formula is C9H16O6. The Balaban J connectivity index is 2.72. The summed E-state index contributed by atoms with van der Waals surface area (Å²) in [5.74, 6) is -1.73. The van der Waals surface area contributed by atoms with Gasteiger partial charge in [0.05, 0.1) is 13.7 Å². The summed E-state index contributed by atoms with van der Waals surface area (Å²) in [6.45, 7) is 2.95. The van der Waals surface area contributed by atoms with Crippen LogP contribution in [0.15, 0.2) is 0 Å². The van der Waals surface area contributed by atoms with Crippen LogP contribution in [0, 0.1) is 0 Å². The van der Waals surface area contributed by atoms with Gasteiger partial charge >= 0.3 is 5.97 Å². The highest BCUT2D eigenvalue weighted by molar-refractivity contribution is 5.75. The zero-order valence-electron chi connectivity index (χ0n) is 8.97. The number of rotatable bonds is 3. The Bertz CT molecular complexity index is 239. The second-order valence-corrected chi connectivity index (χ2v) is 3.79. The maximum Gasteiger partial charge on any atom is 0.337 e. The molecule has 1 fully saturated rings. The first-order chi connectivity index (χ1) is 6.91. The molecule has 0 saturated carbocycles. The summed E-state index contributed by atoms with van der Waals surface area (Å²) in [7, 11) is 1.17. The van der Waals surface area contributed by atoms with Crippen molar-refractivity contribution < 1.29 is 29.2 Å². The Morgan fingerprint density at radius 1 is 1.53 bits per heavy atom. The zero-order valence-corrected chi connectivity index (χ0v) is 8.97. The van der Waals surface area contributed by atoms with E-state index in [4.69, 9.17) is 14.6 Å². The number of hydrogen-bond acceptors (Lipinski definition) is 6. The van der Waals surface area contributed by atoms with E-state index in [1.54, 1.807) is 13.8 Å². The summed E-state index contributed by atoms with van der Waals surface area (Å²) in [5.41, 5.74) is 0. The molecule has 0 radical (unpaired) electrons. The van der Waals surface area contributed by atoms with Crippen LogP contribution in [0.2, 0.25) is 0 Å². The Hall–Kier alpha value is -0.690. The van der Waals surface area contributed by atoms with E-state index in [0.29, 0.717) is 0 Å². The van der Waals surface area contributed by atoms with Crippen LogP contribution in [0.4, 0.5) is 0 Å². The lowest BCUT2D eigenvalue weighted by molar-refractivity contribution is -0.171. The maximum atomic E-state index is 11.1. The molecule has 1 aliphatic heterocycles. The molecule has 0 aromatic rings. The molecule has 0 bridgehead atoms. The molecule has 0 spiro atoms. The molecule has 0 unspecified atom stereocenters. The van der Waals surface area contributed by atoms with Gasteiger partial charge in [-0.1, -0.05) is 0 Å². The molecule has 0 amide bonds. The van der Waals surface area contributed by atoms with Crippen molar-refractivity contribution in [1.29, 1.82) is 0 Å². The summed E-state index contributed by atoms with van der Waals surface area (Å²) >= 11 is 0.